The summed E-state index contributed by atoms with van der Waals surface area (Å²) in [6.07, 6.45) is 1.84. The third-order valence-electron chi connectivity index (χ3n) is 3.01. The molecule has 0 bridgehead atoms. The molecule has 1 N–H and O–H groups in total. The second-order valence-electron chi connectivity index (χ2n) is 4.06. The first-order valence-corrected chi connectivity index (χ1v) is 6.21. The SMILES string of the molecule is CCN(CC)Cc1ccccc1CCCO. The van der Waals surface area contributed by atoms with Gasteiger partial charge in [-0.05, 0) is 37.1 Å². The summed E-state index contributed by atoms with van der Waals surface area (Å²) in [5, 5.41) is 8.88. The van der Waals surface area contributed by atoms with E-state index >= 15 is 0 Å². The molecular formula is C14H23NO. The molecular weight excluding hydrogens is 198 g/mol. The summed E-state index contributed by atoms with van der Waals surface area (Å²) in [4.78, 5) is 2.41. The van der Waals surface area contributed by atoms with E-state index in [4.69, 9.17) is 5.11 Å². The molecule has 0 radical (unpaired) electrons. The zero-order chi connectivity index (χ0) is 11.8. The highest BCUT2D eigenvalue weighted by atomic mass is 16.2. The number of hydrogen-bond acceptors (Lipinski definition) is 2. The summed E-state index contributed by atoms with van der Waals surface area (Å²) in [7, 11) is 0. The molecule has 90 valence electrons. The number of hydrogen-bond donors (Lipinski definition) is 1. The Labute approximate surface area is 98.9 Å². The number of aliphatic hydroxyl groups is 1. The minimum absolute atomic E-state index is 0.277. The van der Waals surface area contributed by atoms with Crippen molar-refractivity contribution in [2.24, 2.45) is 0 Å². The highest BCUT2D eigenvalue weighted by Crippen LogP contribution is 2.13. The van der Waals surface area contributed by atoms with Crippen LogP contribution in [0.3, 0.4) is 0 Å². The van der Waals surface area contributed by atoms with Crippen LogP contribution in [-0.2, 0) is 13.0 Å². The minimum atomic E-state index is 0.277. The molecule has 0 fully saturated rings. The van der Waals surface area contributed by atoms with E-state index in [1.54, 1.807) is 0 Å². The van der Waals surface area contributed by atoms with Gasteiger partial charge in [-0.3, -0.25) is 4.90 Å². The van der Waals surface area contributed by atoms with Crippen molar-refractivity contribution in [2.75, 3.05) is 19.7 Å². The molecule has 2 nitrogen and oxygen atoms in total. The lowest BCUT2D eigenvalue weighted by Crippen LogP contribution is -2.22. The van der Waals surface area contributed by atoms with E-state index in [9.17, 15) is 0 Å². The third kappa shape index (κ3) is 3.95. The van der Waals surface area contributed by atoms with Crippen LogP contribution in [0.1, 0.15) is 31.4 Å². The fourth-order valence-electron chi connectivity index (χ4n) is 1.91. The van der Waals surface area contributed by atoms with Crippen LogP contribution in [0.2, 0.25) is 0 Å². The van der Waals surface area contributed by atoms with Crippen molar-refractivity contribution >= 4 is 0 Å². The molecule has 0 saturated heterocycles. The number of benzene rings is 1. The van der Waals surface area contributed by atoms with Gasteiger partial charge < -0.3 is 5.11 Å². The van der Waals surface area contributed by atoms with Gasteiger partial charge in [0.15, 0.2) is 0 Å². The van der Waals surface area contributed by atoms with Crippen molar-refractivity contribution in [3.63, 3.8) is 0 Å². The molecule has 0 aliphatic carbocycles. The Morgan fingerprint density at radius 1 is 1.06 bits per heavy atom. The van der Waals surface area contributed by atoms with Crippen LogP contribution in [0.15, 0.2) is 24.3 Å². The van der Waals surface area contributed by atoms with Gasteiger partial charge in [0, 0.05) is 13.2 Å². The van der Waals surface area contributed by atoms with Crippen molar-refractivity contribution in [1.29, 1.82) is 0 Å². The number of aliphatic hydroxyl groups excluding tert-OH is 1. The second kappa shape index (κ2) is 7.42. The molecule has 0 amide bonds. The molecule has 0 saturated carbocycles. The fourth-order valence-corrected chi connectivity index (χ4v) is 1.91. The predicted octanol–water partition coefficient (Wildman–Crippen LogP) is 2.45. The lowest BCUT2D eigenvalue weighted by molar-refractivity contribution is 0.285. The van der Waals surface area contributed by atoms with Gasteiger partial charge in [0.05, 0.1) is 0 Å². The quantitative estimate of drug-likeness (QED) is 0.764. The highest BCUT2D eigenvalue weighted by Gasteiger charge is 2.05. The first-order chi connectivity index (χ1) is 7.81. The molecule has 0 heterocycles. The monoisotopic (exact) mass is 221 g/mol. The lowest BCUT2D eigenvalue weighted by atomic mass is 10.0. The van der Waals surface area contributed by atoms with Crippen LogP contribution in [0.4, 0.5) is 0 Å². The predicted molar refractivity (Wildman–Crippen MR) is 68.5 cm³/mol. The summed E-state index contributed by atoms with van der Waals surface area (Å²) < 4.78 is 0. The van der Waals surface area contributed by atoms with Gasteiger partial charge in [-0.2, -0.15) is 0 Å². The molecule has 0 aromatic heterocycles. The highest BCUT2D eigenvalue weighted by molar-refractivity contribution is 5.27. The molecule has 1 aromatic carbocycles. The summed E-state index contributed by atoms with van der Waals surface area (Å²) >= 11 is 0. The first kappa shape index (κ1) is 13.2. The van der Waals surface area contributed by atoms with Gasteiger partial charge in [-0.15, -0.1) is 0 Å². The van der Waals surface area contributed by atoms with Crippen LogP contribution in [0.5, 0.6) is 0 Å². The maximum Gasteiger partial charge on any atom is 0.0434 e. The van der Waals surface area contributed by atoms with Crippen molar-refractivity contribution in [2.45, 2.75) is 33.2 Å². The van der Waals surface area contributed by atoms with E-state index in [0.717, 1.165) is 32.5 Å². The maximum absolute atomic E-state index is 8.88. The normalized spacial score (nSPS) is 11.0. The van der Waals surface area contributed by atoms with Crippen LogP contribution >= 0.6 is 0 Å². The molecule has 0 aliphatic heterocycles. The zero-order valence-corrected chi connectivity index (χ0v) is 10.4. The average molecular weight is 221 g/mol. The smallest absolute Gasteiger partial charge is 0.0434 e. The Kier molecular flexibility index (Phi) is 6.12. The minimum Gasteiger partial charge on any atom is -0.396 e. The summed E-state index contributed by atoms with van der Waals surface area (Å²) in [6, 6.07) is 8.55. The molecule has 0 aliphatic rings. The molecule has 0 spiro atoms. The molecule has 0 unspecified atom stereocenters. The van der Waals surface area contributed by atoms with Gasteiger partial charge in [0.25, 0.3) is 0 Å². The Morgan fingerprint density at radius 3 is 2.25 bits per heavy atom. The van der Waals surface area contributed by atoms with E-state index in [1.165, 1.54) is 11.1 Å². The summed E-state index contributed by atoms with van der Waals surface area (Å²) in [5.41, 5.74) is 2.78. The van der Waals surface area contributed by atoms with Crippen LogP contribution in [0.25, 0.3) is 0 Å². The molecule has 16 heavy (non-hydrogen) atoms. The molecule has 1 aromatic rings. The van der Waals surface area contributed by atoms with E-state index in [2.05, 4.69) is 43.0 Å². The van der Waals surface area contributed by atoms with Gasteiger partial charge in [0.2, 0.25) is 0 Å². The van der Waals surface area contributed by atoms with Crippen molar-refractivity contribution < 1.29 is 5.11 Å². The standard InChI is InChI=1S/C14H23NO/c1-3-15(4-2)12-14-9-6-5-8-13(14)10-7-11-16/h5-6,8-9,16H,3-4,7,10-12H2,1-2H3. The third-order valence-corrected chi connectivity index (χ3v) is 3.01. The van der Waals surface area contributed by atoms with Crippen molar-refractivity contribution in [3.05, 3.63) is 35.4 Å². The van der Waals surface area contributed by atoms with Crippen LogP contribution in [-0.4, -0.2) is 29.7 Å². The number of nitrogens with zero attached hydrogens (tertiary/aromatic N) is 1. The molecule has 0 atom stereocenters. The second-order valence-corrected chi connectivity index (χ2v) is 4.06. The molecule has 1 rings (SSSR count). The number of rotatable bonds is 7. The Bertz CT molecular complexity index is 295. The van der Waals surface area contributed by atoms with Gasteiger partial charge in [-0.1, -0.05) is 38.1 Å². The van der Waals surface area contributed by atoms with Gasteiger partial charge >= 0.3 is 0 Å². The van der Waals surface area contributed by atoms with Crippen molar-refractivity contribution in [1.82, 2.24) is 4.90 Å². The molecule has 2 heteroatoms. The van der Waals surface area contributed by atoms with E-state index in [-0.39, 0.29) is 6.61 Å². The van der Waals surface area contributed by atoms with Crippen molar-refractivity contribution in [3.8, 4) is 0 Å². The topological polar surface area (TPSA) is 23.5 Å². The van der Waals surface area contributed by atoms with E-state index in [0.29, 0.717) is 0 Å². The first-order valence-electron chi connectivity index (χ1n) is 6.21. The van der Waals surface area contributed by atoms with Gasteiger partial charge in [0.1, 0.15) is 0 Å². The van der Waals surface area contributed by atoms with Crippen LogP contribution < -0.4 is 0 Å². The Hall–Kier alpha value is -0.860. The largest absolute Gasteiger partial charge is 0.396 e. The Balaban J connectivity index is 2.69. The average Bonchev–Trinajstić information content (AvgIpc) is 2.34. The van der Waals surface area contributed by atoms with E-state index < -0.39 is 0 Å². The zero-order valence-electron chi connectivity index (χ0n) is 10.4. The van der Waals surface area contributed by atoms with Gasteiger partial charge in [-0.25, -0.2) is 0 Å². The fraction of sp³-hybridized carbons (Fsp3) is 0.571. The van der Waals surface area contributed by atoms with Crippen LogP contribution in [0, 0.1) is 0 Å². The van der Waals surface area contributed by atoms with E-state index in [1.807, 2.05) is 0 Å². The lowest BCUT2D eigenvalue weighted by Gasteiger charge is -2.20. The maximum atomic E-state index is 8.88. The summed E-state index contributed by atoms with van der Waals surface area (Å²) in [5.74, 6) is 0. The number of aryl methyl sites for hydroxylation is 1. The Morgan fingerprint density at radius 2 is 1.69 bits per heavy atom. The summed E-state index contributed by atoms with van der Waals surface area (Å²) in [6.45, 7) is 7.86.